The second-order valence-corrected chi connectivity index (χ2v) is 8.49. The molecule has 1 aromatic rings. The van der Waals surface area contributed by atoms with E-state index in [2.05, 4.69) is 15.5 Å². The summed E-state index contributed by atoms with van der Waals surface area (Å²) >= 11 is 0. The van der Waals surface area contributed by atoms with E-state index in [0.717, 1.165) is 55.6 Å². The molecule has 2 heterocycles. The fourth-order valence-electron chi connectivity index (χ4n) is 4.29. The van der Waals surface area contributed by atoms with Crippen LogP contribution in [0.4, 0.5) is 5.69 Å². The normalized spacial score (nSPS) is 19.5. The molecule has 32 heavy (non-hydrogen) atoms. The highest BCUT2D eigenvalue weighted by atomic mass is 16.2. The summed E-state index contributed by atoms with van der Waals surface area (Å²) in [5, 5.41) is 15.7. The molecule has 0 aromatic heterocycles. The summed E-state index contributed by atoms with van der Waals surface area (Å²) in [5.74, 6) is 0.0371. The standard InChI is InChI=1S/C24H30N6O2/c1-17-12-18(2)14-19(13-17)27-23(21(15-25)26-3)28-20-8-4-5-11-30(24(20)32)16-22(31)29-9-6-7-10-29/h12-14,20,27-28H,4-11,16H2,1-2H3/b23-21+. The number of nitriles is 1. The molecule has 8 heteroatoms. The molecule has 2 aliphatic heterocycles. The van der Waals surface area contributed by atoms with Crippen LogP contribution < -0.4 is 10.6 Å². The molecule has 2 N–H and O–H groups in total. The molecule has 0 spiro atoms. The molecule has 2 amide bonds. The van der Waals surface area contributed by atoms with Gasteiger partial charge in [0.1, 0.15) is 11.9 Å². The fourth-order valence-corrected chi connectivity index (χ4v) is 4.29. The van der Waals surface area contributed by atoms with Crippen LogP contribution in [0.25, 0.3) is 4.85 Å². The lowest BCUT2D eigenvalue weighted by Crippen LogP contribution is -2.49. The highest BCUT2D eigenvalue weighted by molar-refractivity contribution is 5.88. The van der Waals surface area contributed by atoms with Crippen molar-refractivity contribution in [1.29, 1.82) is 5.26 Å². The van der Waals surface area contributed by atoms with E-state index in [1.165, 1.54) is 0 Å². The summed E-state index contributed by atoms with van der Waals surface area (Å²) in [6, 6.07) is 7.18. The SMILES string of the molecule is [C-]#[N+]/C(C#N)=C(\Nc1cc(C)cc(C)c1)NC1CCCCN(CC(=O)N2CCCC2)C1=O. The maximum Gasteiger partial charge on any atom is 0.300 e. The Bertz CT molecular complexity index is 945. The Morgan fingerprint density at radius 1 is 1.16 bits per heavy atom. The number of aryl methyl sites for hydroxylation is 2. The van der Waals surface area contributed by atoms with Crippen molar-refractivity contribution in [2.45, 2.75) is 52.0 Å². The van der Waals surface area contributed by atoms with Crippen molar-refractivity contribution in [2.24, 2.45) is 0 Å². The van der Waals surface area contributed by atoms with Crippen molar-refractivity contribution in [3.63, 3.8) is 0 Å². The lowest BCUT2D eigenvalue weighted by atomic mass is 10.1. The number of likely N-dealkylation sites (tertiary alicyclic amines) is 2. The smallest absolute Gasteiger partial charge is 0.300 e. The minimum atomic E-state index is -0.609. The number of nitrogens with one attached hydrogen (secondary N) is 2. The third-order valence-electron chi connectivity index (χ3n) is 5.83. The third kappa shape index (κ3) is 5.79. The molecule has 0 bridgehead atoms. The lowest BCUT2D eigenvalue weighted by Gasteiger charge is -2.28. The van der Waals surface area contributed by atoms with Crippen LogP contribution in [0.3, 0.4) is 0 Å². The van der Waals surface area contributed by atoms with Crippen LogP contribution >= 0.6 is 0 Å². The summed E-state index contributed by atoms with van der Waals surface area (Å²) in [6.07, 6.45) is 4.22. The summed E-state index contributed by atoms with van der Waals surface area (Å²) < 4.78 is 0. The van der Waals surface area contributed by atoms with E-state index in [9.17, 15) is 14.9 Å². The molecule has 0 aliphatic carbocycles. The van der Waals surface area contributed by atoms with Gasteiger partial charge in [-0.15, -0.1) is 0 Å². The monoisotopic (exact) mass is 434 g/mol. The van der Waals surface area contributed by atoms with Gasteiger partial charge in [-0.25, -0.2) is 10.1 Å². The van der Waals surface area contributed by atoms with Crippen LogP contribution in [0.5, 0.6) is 0 Å². The number of allylic oxidation sites excluding steroid dienone is 1. The van der Waals surface area contributed by atoms with Crippen molar-refractivity contribution in [3.8, 4) is 6.07 Å². The number of nitrogens with zero attached hydrogens (tertiary/aromatic N) is 4. The highest BCUT2D eigenvalue weighted by Gasteiger charge is 2.31. The van der Waals surface area contributed by atoms with E-state index in [-0.39, 0.29) is 29.9 Å². The number of carbonyl (C=O) groups is 2. The van der Waals surface area contributed by atoms with Crippen LogP contribution in [-0.4, -0.2) is 53.8 Å². The van der Waals surface area contributed by atoms with Gasteiger partial charge in [0.05, 0.1) is 19.2 Å². The van der Waals surface area contributed by atoms with E-state index >= 15 is 0 Å². The van der Waals surface area contributed by atoms with Crippen LogP contribution in [0, 0.1) is 31.8 Å². The van der Waals surface area contributed by atoms with Crippen molar-refractivity contribution in [1.82, 2.24) is 15.1 Å². The molecule has 2 aliphatic rings. The molecule has 8 nitrogen and oxygen atoms in total. The fraction of sp³-hybridized carbons (Fsp3) is 0.500. The van der Waals surface area contributed by atoms with Gasteiger partial charge in [-0.2, -0.15) is 0 Å². The molecule has 0 radical (unpaired) electrons. The second-order valence-electron chi connectivity index (χ2n) is 8.49. The first-order chi connectivity index (χ1) is 15.4. The Kier molecular flexibility index (Phi) is 7.72. The predicted molar refractivity (Wildman–Crippen MR) is 122 cm³/mol. The van der Waals surface area contributed by atoms with Gasteiger partial charge in [0.2, 0.25) is 11.8 Å². The first kappa shape index (κ1) is 23.1. The topological polar surface area (TPSA) is 92.8 Å². The van der Waals surface area contributed by atoms with E-state index in [4.69, 9.17) is 6.57 Å². The van der Waals surface area contributed by atoms with Gasteiger partial charge in [0.15, 0.2) is 0 Å². The minimum absolute atomic E-state index is 0.0144. The second kappa shape index (κ2) is 10.7. The molecule has 1 atom stereocenters. The first-order valence-electron chi connectivity index (χ1n) is 11.1. The molecule has 2 saturated heterocycles. The molecule has 2 fully saturated rings. The van der Waals surface area contributed by atoms with Gasteiger partial charge >= 0.3 is 5.70 Å². The average molecular weight is 435 g/mol. The number of benzene rings is 1. The largest absolute Gasteiger partial charge is 0.368 e. The van der Waals surface area contributed by atoms with Crippen LogP contribution in [0.1, 0.15) is 43.2 Å². The number of hydrogen-bond donors (Lipinski definition) is 2. The maximum atomic E-state index is 13.3. The Morgan fingerprint density at radius 2 is 1.81 bits per heavy atom. The summed E-state index contributed by atoms with van der Waals surface area (Å²) in [5.41, 5.74) is 2.69. The van der Waals surface area contributed by atoms with E-state index in [0.29, 0.717) is 13.0 Å². The quantitative estimate of drug-likeness (QED) is 0.531. The molecular weight excluding hydrogens is 404 g/mol. The molecule has 0 saturated carbocycles. The zero-order chi connectivity index (χ0) is 23.1. The zero-order valence-electron chi connectivity index (χ0n) is 18.8. The predicted octanol–water partition coefficient (Wildman–Crippen LogP) is 2.92. The zero-order valence-corrected chi connectivity index (χ0v) is 18.8. The van der Waals surface area contributed by atoms with Gasteiger partial charge in [-0.1, -0.05) is 6.07 Å². The van der Waals surface area contributed by atoms with Gasteiger partial charge in [-0.3, -0.25) is 9.59 Å². The number of anilines is 1. The van der Waals surface area contributed by atoms with Crippen molar-refractivity contribution < 1.29 is 9.59 Å². The van der Waals surface area contributed by atoms with Crippen molar-refractivity contribution in [3.05, 3.63) is 52.3 Å². The summed E-state index contributed by atoms with van der Waals surface area (Å²) in [6.45, 7) is 13.5. The van der Waals surface area contributed by atoms with E-state index in [1.807, 2.05) is 43.0 Å². The summed E-state index contributed by atoms with van der Waals surface area (Å²) in [7, 11) is 0. The number of rotatable bonds is 6. The van der Waals surface area contributed by atoms with Gasteiger partial charge in [0, 0.05) is 25.3 Å². The molecule has 3 rings (SSSR count). The van der Waals surface area contributed by atoms with Gasteiger partial charge < -0.3 is 20.4 Å². The van der Waals surface area contributed by atoms with Crippen molar-refractivity contribution >= 4 is 17.5 Å². The van der Waals surface area contributed by atoms with Crippen LogP contribution in [0.15, 0.2) is 29.7 Å². The van der Waals surface area contributed by atoms with Gasteiger partial charge in [0.25, 0.3) is 0 Å². The average Bonchev–Trinajstić information content (AvgIpc) is 3.24. The minimum Gasteiger partial charge on any atom is -0.368 e. The molecule has 1 aromatic carbocycles. The number of hydrogen-bond acceptors (Lipinski definition) is 5. The van der Waals surface area contributed by atoms with Gasteiger partial charge in [-0.05, 0) is 69.2 Å². The molecule has 1 unspecified atom stereocenters. The van der Waals surface area contributed by atoms with E-state index < -0.39 is 6.04 Å². The lowest BCUT2D eigenvalue weighted by molar-refractivity contribution is -0.140. The van der Waals surface area contributed by atoms with Crippen LogP contribution in [-0.2, 0) is 9.59 Å². The Balaban J connectivity index is 1.78. The Labute approximate surface area is 189 Å². The molecular formula is C24H30N6O2. The van der Waals surface area contributed by atoms with E-state index in [1.54, 1.807) is 4.90 Å². The molecule has 168 valence electrons. The number of amides is 2. The highest BCUT2D eigenvalue weighted by Crippen LogP contribution is 2.20. The van der Waals surface area contributed by atoms with Crippen LogP contribution in [0.2, 0.25) is 0 Å². The Hall–Kier alpha value is -3.52. The number of carbonyl (C=O) groups excluding carboxylic acids is 2. The third-order valence-corrected chi connectivity index (χ3v) is 5.83. The first-order valence-corrected chi connectivity index (χ1v) is 11.1. The van der Waals surface area contributed by atoms with Crippen molar-refractivity contribution in [2.75, 3.05) is 31.5 Å². The maximum absolute atomic E-state index is 13.3. The Morgan fingerprint density at radius 3 is 2.44 bits per heavy atom. The summed E-state index contributed by atoms with van der Waals surface area (Å²) in [4.78, 5) is 32.7.